The van der Waals surface area contributed by atoms with E-state index in [1.54, 1.807) is 11.8 Å². The molecule has 0 bridgehead atoms. The van der Waals surface area contributed by atoms with Gasteiger partial charge in [-0.1, -0.05) is 0 Å². The van der Waals surface area contributed by atoms with Gasteiger partial charge in [-0.2, -0.15) is 16.7 Å². The Hall–Kier alpha value is -1.01. The fourth-order valence-corrected chi connectivity index (χ4v) is 2.90. The van der Waals surface area contributed by atoms with Gasteiger partial charge in [0.2, 0.25) is 11.8 Å². The van der Waals surface area contributed by atoms with Crippen LogP contribution in [0.2, 0.25) is 0 Å². The first-order chi connectivity index (χ1) is 7.69. The van der Waals surface area contributed by atoms with E-state index in [2.05, 4.69) is 9.97 Å². The maximum absolute atomic E-state index is 10.4. The van der Waals surface area contributed by atoms with Crippen LogP contribution < -0.4 is 9.47 Å². The van der Waals surface area contributed by atoms with Gasteiger partial charge in [-0.15, -0.1) is 0 Å². The molecule has 0 radical (unpaired) electrons. The maximum atomic E-state index is 10.4. The van der Waals surface area contributed by atoms with Crippen LogP contribution in [0.25, 0.3) is 0 Å². The quantitative estimate of drug-likeness (QED) is 0.846. The summed E-state index contributed by atoms with van der Waals surface area (Å²) in [7, 11) is 3.03. The lowest BCUT2D eigenvalue weighted by Crippen LogP contribution is -2.27. The van der Waals surface area contributed by atoms with Gasteiger partial charge in [-0.3, -0.25) is 0 Å². The van der Waals surface area contributed by atoms with Gasteiger partial charge in [-0.25, -0.2) is 4.98 Å². The molecule has 88 valence electrons. The lowest BCUT2D eigenvalue weighted by Gasteiger charge is -2.21. The van der Waals surface area contributed by atoms with Crippen molar-refractivity contribution in [2.45, 2.75) is 12.0 Å². The zero-order valence-corrected chi connectivity index (χ0v) is 10.1. The summed E-state index contributed by atoms with van der Waals surface area (Å²) in [5.41, 5.74) is -0.421. The van der Waals surface area contributed by atoms with E-state index >= 15 is 0 Å². The number of methoxy groups -OCH3 is 2. The van der Waals surface area contributed by atoms with Crippen LogP contribution in [0.15, 0.2) is 6.20 Å². The summed E-state index contributed by atoms with van der Waals surface area (Å²) in [5.74, 6) is 2.27. The van der Waals surface area contributed by atoms with Gasteiger partial charge in [0.25, 0.3) is 0 Å². The van der Waals surface area contributed by atoms with E-state index in [9.17, 15) is 5.11 Å². The van der Waals surface area contributed by atoms with Crippen molar-refractivity contribution in [2.75, 3.05) is 25.7 Å². The Kier molecular flexibility index (Phi) is 3.20. The fourth-order valence-electron chi connectivity index (χ4n) is 1.66. The molecule has 1 saturated heterocycles. The molecule has 1 fully saturated rings. The Labute approximate surface area is 98.2 Å². The number of aromatic nitrogens is 2. The number of aliphatic hydroxyl groups is 1. The number of nitrogens with zero attached hydrogens (tertiary/aromatic N) is 2. The Morgan fingerprint density at radius 2 is 2.25 bits per heavy atom. The van der Waals surface area contributed by atoms with Crippen molar-refractivity contribution in [1.29, 1.82) is 0 Å². The minimum absolute atomic E-state index is 0.337. The molecular weight excluding hydrogens is 228 g/mol. The molecule has 1 aromatic rings. The molecule has 1 N–H and O–H groups in total. The number of hydrogen-bond acceptors (Lipinski definition) is 6. The third-order valence-electron chi connectivity index (χ3n) is 2.56. The molecule has 0 aromatic carbocycles. The van der Waals surface area contributed by atoms with Gasteiger partial charge >= 0.3 is 0 Å². The van der Waals surface area contributed by atoms with Gasteiger partial charge in [0.1, 0.15) is 11.3 Å². The minimum atomic E-state index is -0.921. The first kappa shape index (κ1) is 11.5. The Bertz CT molecular complexity index is 380. The molecule has 2 rings (SSSR count). The van der Waals surface area contributed by atoms with Crippen LogP contribution in [0.5, 0.6) is 11.8 Å². The molecule has 0 aliphatic carbocycles. The number of rotatable bonds is 3. The van der Waals surface area contributed by atoms with Gasteiger partial charge in [-0.05, 0) is 12.2 Å². The van der Waals surface area contributed by atoms with E-state index in [4.69, 9.17) is 9.47 Å². The van der Waals surface area contributed by atoms with Crippen molar-refractivity contribution in [1.82, 2.24) is 9.97 Å². The van der Waals surface area contributed by atoms with Gasteiger partial charge in [0.05, 0.1) is 20.4 Å². The van der Waals surface area contributed by atoms with E-state index in [-0.39, 0.29) is 0 Å². The highest BCUT2D eigenvalue weighted by molar-refractivity contribution is 7.99. The van der Waals surface area contributed by atoms with Crippen LogP contribution in [0.1, 0.15) is 12.1 Å². The van der Waals surface area contributed by atoms with Crippen LogP contribution in [0.3, 0.4) is 0 Å². The maximum Gasteiger partial charge on any atom is 0.241 e. The molecule has 2 heterocycles. The van der Waals surface area contributed by atoms with E-state index < -0.39 is 5.60 Å². The van der Waals surface area contributed by atoms with Crippen LogP contribution >= 0.6 is 11.8 Å². The highest BCUT2D eigenvalue weighted by Gasteiger charge is 2.38. The molecule has 1 aliphatic heterocycles. The van der Waals surface area contributed by atoms with E-state index in [0.717, 1.165) is 5.75 Å². The van der Waals surface area contributed by atoms with Crippen LogP contribution in [0, 0.1) is 0 Å². The summed E-state index contributed by atoms with van der Waals surface area (Å²) < 4.78 is 10.1. The topological polar surface area (TPSA) is 64.5 Å². The molecule has 1 atom stereocenters. The SMILES string of the molecule is COc1cnc(C2(O)CCSC2)c(OC)n1. The summed E-state index contributed by atoms with van der Waals surface area (Å²) in [5, 5.41) is 10.4. The van der Waals surface area contributed by atoms with Crippen molar-refractivity contribution in [3.8, 4) is 11.8 Å². The average molecular weight is 242 g/mol. The summed E-state index contributed by atoms with van der Waals surface area (Å²) in [6, 6.07) is 0. The van der Waals surface area contributed by atoms with Crippen LogP contribution in [-0.2, 0) is 5.60 Å². The molecule has 1 unspecified atom stereocenters. The normalized spacial score (nSPS) is 24.4. The third-order valence-corrected chi connectivity index (χ3v) is 3.74. The Balaban J connectivity index is 2.39. The van der Waals surface area contributed by atoms with Crippen molar-refractivity contribution in [3.63, 3.8) is 0 Å². The number of thioether (sulfide) groups is 1. The standard InChI is InChI=1S/C10H14N2O3S/c1-14-7-5-11-8(9(12-7)15-2)10(13)3-4-16-6-10/h5,13H,3-4,6H2,1-2H3. The van der Waals surface area contributed by atoms with Crippen LogP contribution in [-0.4, -0.2) is 40.8 Å². The summed E-state index contributed by atoms with van der Waals surface area (Å²) >= 11 is 1.70. The van der Waals surface area contributed by atoms with E-state index in [1.807, 2.05) is 0 Å². The average Bonchev–Trinajstić information content (AvgIpc) is 2.76. The number of hydrogen-bond donors (Lipinski definition) is 1. The molecule has 1 aliphatic rings. The third kappa shape index (κ3) is 1.94. The summed E-state index contributed by atoms with van der Waals surface area (Å²) in [6.07, 6.45) is 2.17. The first-order valence-corrected chi connectivity index (χ1v) is 6.11. The second kappa shape index (κ2) is 4.47. The predicted molar refractivity (Wildman–Crippen MR) is 61.0 cm³/mol. The number of ether oxygens (including phenoxy) is 2. The highest BCUT2D eigenvalue weighted by Crippen LogP contribution is 2.39. The summed E-state index contributed by atoms with van der Waals surface area (Å²) in [6.45, 7) is 0. The lowest BCUT2D eigenvalue weighted by molar-refractivity contribution is 0.0571. The Morgan fingerprint density at radius 3 is 2.81 bits per heavy atom. The van der Waals surface area contributed by atoms with Gasteiger partial charge < -0.3 is 14.6 Å². The largest absolute Gasteiger partial charge is 0.480 e. The summed E-state index contributed by atoms with van der Waals surface area (Å²) in [4.78, 5) is 8.32. The smallest absolute Gasteiger partial charge is 0.241 e. The molecule has 0 saturated carbocycles. The minimum Gasteiger partial charge on any atom is -0.480 e. The first-order valence-electron chi connectivity index (χ1n) is 4.95. The van der Waals surface area contributed by atoms with Crippen molar-refractivity contribution < 1.29 is 14.6 Å². The molecule has 0 amide bonds. The zero-order valence-electron chi connectivity index (χ0n) is 9.27. The molecule has 0 spiro atoms. The molecular formula is C10H14N2O3S. The van der Waals surface area contributed by atoms with Crippen molar-refractivity contribution in [2.24, 2.45) is 0 Å². The molecule has 1 aromatic heterocycles. The van der Waals surface area contributed by atoms with E-state index in [1.165, 1.54) is 20.4 Å². The Morgan fingerprint density at radius 1 is 1.44 bits per heavy atom. The zero-order chi connectivity index (χ0) is 11.6. The molecule has 5 nitrogen and oxygen atoms in total. The second-order valence-corrected chi connectivity index (χ2v) is 4.71. The predicted octanol–water partition coefficient (Wildman–Crippen LogP) is 0.818. The second-order valence-electron chi connectivity index (χ2n) is 3.60. The van der Waals surface area contributed by atoms with Crippen molar-refractivity contribution >= 4 is 11.8 Å². The fraction of sp³-hybridized carbons (Fsp3) is 0.600. The van der Waals surface area contributed by atoms with Crippen molar-refractivity contribution in [3.05, 3.63) is 11.9 Å². The highest BCUT2D eigenvalue weighted by atomic mass is 32.2. The van der Waals surface area contributed by atoms with Crippen LogP contribution in [0.4, 0.5) is 0 Å². The molecule has 6 heteroatoms. The lowest BCUT2D eigenvalue weighted by atomic mass is 9.99. The van der Waals surface area contributed by atoms with Gasteiger partial charge in [0, 0.05) is 5.75 Å². The van der Waals surface area contributed by atoms with Gasteiger partial charge in [0.15, 0.2) is 0 Å². The van der Waals surface area contributed by atoms with E-state index in [0.29, 0.717) is 29.6 Å². The monoisotopic (exact) mass is 242 g/mol. The molecule has 16 heavy (non-hydrogen) atoms.